The van der Waals surface area contributed by atoms with Crippen LogP contribution in [-0.2, 0) is 9.53 Å². The van der Waals surface area contributed by atoms with Crippen LogP contribution in [0.2, 0.25) is 0 Å². The third-order valence-corrected chi connectivity index (χ3v) is 4.33. The molecule has 2 aliphatic rings. The first kappa shape index (κ1) is 12.8. The van der Waals surface area contributed by atoms with E-state index in [0.717, 1.165) is 25.8 Å². The first-order valence-corrected chi connectivity index (χ1v) is 6.75. The highest BCUT2D eigenvalue weighted by atomic mass is 16.5. The summed E-state index contributed by atoms with van der Waals surface area (Å²) in [5.41, 5.74) is 6.08. The lowest BCUT2D eigenvalue weighted by atomic mass is 9.76. The minimum Gasteiger partial charge on any atom is -0.377 e. The summed E-state index contributed by atoms with van der Waals surface area (Å²) in [5.74, 6) is 0.731. The van der Waals surface area contributed by atoms with Crippen molar-refractivity contribution in [3.05, 3.63) is 0 Å². The Bertz CT molecular complexity index is 283. The second kappa shape index (κ2) is 5.36. The number of rotatable bonds is 1. The Morgan fingerprint density at radius 1 is 1.35 bits per heavy atom. The molecule has 0 aromatic rings. The van der Waals surface area contributed by atoms with Gasteiger partial charge in [0.25, 0.3) is 0 Å². The zero-order valence-corrected chi connectivity index (χ0v) is 10.9. The molecule has 4 unspecified atom stereocenters. The lowest BCUT2D eigenvalue weighted by Crippen LogP contribution is -2.52. The summed E-state index contributed by atoms with van der Waals surface area (Å²) in [7, 11) is 0. The van der Waals surface area contributed by atoms with Crippen LogP contribution in [0.4, 0.5) is 0 Å². The van der Waals surface area contributed by atoms with Gasteiger partial charge < -0.3 is 15.4 Å². The van der Waals surface area contributed by atoms with E-state index in [1.54, 1.807) is 0 Å². The third-order valence-electron chi connectivity index (χ3n) is 4.33. The number of nitrogens with zero attached hydrogens (tertiary/aromatic N) is 1. The normalized spacial score (nSPS) is 39.1. The highest BCUT2D eigenvalue weighted by molar-refractivity contribution is 5.79. The number of hydrogen-bond acceptors (Lipinski definition) is 3. The summed E-state index contributed by atoms with van der Waals surface area (Å²) in [4.78, 5) is 14.5. The summed E-state index contributed by atoms with van der Waals surface area (Å²) in [6.07, 6.45) is 3.14. The van der Waals surface area contributed by atoms with E-state index in [4.69, 9.17) is 10.5 Å². The Labute approximate surface area is 103 Å². The van der Waals surface area contributed by atoms with Gasteiger partial charge in [0.05, 0.1) is 19.3 Å². The van der Waals surface area contributed by atoms with Crippen LogP contribution in [0.25, 0.3) is 0 Å². The van der Waals surface area contributed by atoms with Gasteiger partial charge in [0.15, 0.2) is 0 Å². The molecule has 4 heteroatoms. The molecule has 98 valence electrons. The van der Waals surface area contributed by atoms with Crippen molar-refractivity contribution in [2.75, 3.05) is 19.8 Å². The summed E-state index contributed by atoms with van der Waals surface area (Å²) < 4.78 is 5.38. The van der Waals surface area contributed by atoms with Crippen molar-refractivity contribution in [1.82, 2.24) is 4.90 Å². The molecule has 1 aliphatic heterocycles. The van der Waals surface area contributed by atoms with Crippen LogP contribution in [0.1, 0.15) is 33.1 Å². The highest BCUT2D eigenvalue weighted by Gasteiger charge is 2.37. The second-order valence-electron chi connectivity index (χ2n) is 5.52. The van der Waals surface area contributed by atoms with Gasteiger partial charge in [-0.1, -0.05) is 13.3 Å². The van der Waals surface area contributed by atoms with Gasteiger partial charge in [-0.25, -0.2) is 0 Å². The van der Waals surface area contributed by atoms with Crippen molar-refractivity contribution in [1.29, 1.82) is 0 Å². The van der Waals surface area contributed by atoms with Crippen LogP contribution in [0, 0.1) is 11.8 Å². The molecule has 0 spiro atoms. The number of ether oxygens (including phenoxy) is 1. The van der Waals surface area contributed by atoms with Crippen LogP contribution in [0.5, 0.6) is 0 Å². The predicted molar refractivity (Wildman–Crippen MR) is 66.5 cm³/mol. The molecule has 0 aromatic heterocycles. The molecule has 0 radical (unpaired) electrons. The van der Waals surface area contributed by atoms with Gasteiger partial charge in [-0.15, -0.1) is 0 Å². The van der Waals surface area contributed by atoms with Crippen LogP contribution < -0.4 is 5.73 Å². The van der Waals surface area contributed by atoms with E-state index in [2.05, 4.69) is 13.8 Å². The average molecular weight is 240 g/mol. The molecule has 17 heavy (non-hydrogen) atoms. The first-order chi connectivity index (χ1) is 8.11. The maximum absolute atomic E-state index is 12.5. The fourth-order valence-electron chi connectivity index (χ4n) is 3.01. The van der Waals surface area contributed by atoms with Gasteiger partial charge in [-0.2, -0.15) is 0 Å². The van der Waals surface area contributed by atoms with E-state index >= 15 is 0 Å². The Balaban J connectivity index is 2.02. The number of hydrogen-bond donors (Lipinski definition) is 1. The van der Waals surface area contributed by atoms with Crippen molar-refractivity contribution in [3.63, 3.8) is 0 Å². The molecule has 4 atom stereocenters. The van der Waals surface area contributed by atoms with Crippen LogP contribution in [0.3, 0.4) is 0 Å². The fraction of sp³-hybridized carbons (Fsp3) is 0.923. The average Bonchev–Trinajstić information content (AvgIpc) is 2.32. The van der Waals surface area contributed by atoms with E-state index in [-0.39, 0.29) is 18.0 Å². The molecule has 2 fully saturated rings. The fourth-order valence-corrected chi connectivity index (χ4v) is 3.01. The van der Waals surface area contributed by atoms with Crippen LogP contribution >= 0.6 is 0 Å². The maximum Gasteiger partial charge on any atom is 0.226 e. The number of morpholine rings is 1. The summed E-state index contributed by atoms with van der Waals surface area (Å²) in [6, 6.07) is 0.399. The molecule has 1 aliphatic carbocycles. The first-order valence-electron chi connectivity index (χ1n) is 6.75. The van der Waals surface area contributed by atoms with Gasteiger partial charge >= 0.3 is 0 Å². The quantitative estimate of drug-likeness (QED) is 0.744. The van der Waals surface area contributed by atoms with E-state index in [1.807, 2.05) is 4.90 Å². The van der Waals surface area contributed by atoms with Crippen LogP contribution in [0.15, 0.2) is 0 Å². The maximum atomic E-state index is 12.5. The molecule has 0 aromatic carbocycles. The SMILES string of the molecule is CC1C(N)CCCC1C(=O)N1CCOCC1C. The topological polar surface area (TPSA) is 55.6 Å². The van der Waals surface area contributed by atoms with Gasteiger partial charge in [0.2, 0.25) is 5.91 Å². The lowest BCUT2D eigenvalue weighted by molar-refractivity contribution is -0.146. The van der Waals surface area contributed by atoms with E-state index in [0.29, 0.717) is 25.0 Å². The monoisotopic (exact) mass is 240 g/mol. The third kappa shape index (κ3) is 2.63. The van der Waals surface area contributed by atoms with E-state index in [1.165, 1.54) is 0 Å². The Kier molecular flexibility index (Phi) is 4.05. The number of nitrogens with two attached hydrogens (primary N) is 1. The molecule has 1 saturated heterocycles. The van der Waals surface area contributed by atoms with Crippen molar-refractivity contribution in [2.45, 2.75) is 45.2 Å². The zero-order valence-electron chi connectivity index (χ0n) is 10.9. The lowest BCUT2D eigenvalue weighted by Gasteiger charge is -2.40. The van der Waals surface area contributed by atoms with Gasteiger partial charge in [-0.3, -0.25) is 4.79 Å². The molecule has 1 saturated carbocycles. The van der Waals surface area contributed by atoms with Gasteiger partial charge in [0.1, 0.15) is 0 Å². The van der Waals surface area contributed by atoms with Crippen LogP contribution in [-0.4, -0.2) is 42.6 Å². The van der Waals surface area contributed by atoms with Crippen molar-refractivity contribution in [3.8, 4) is 0 Å². The largest absolute Gasteiger partial charge is 0.377 e. The second-order valence-corrected chi connectivity index (χ2v) is 5.52. The molecule has 0 bridgehead atoms. The van der Waals surface area contributed by atoms with E-state index in [9.17, 15) is 4.79 Å². The van der Waals surface area contributed by atoms with Gasteiger partial charge in [0, 0.05) is 18.5 Å². The summed E-state index contributed by atoms with van der Waals surface area (Å²) >= 11 is 0. The molecular weight excluding hydrogens is 216 g/mol. The number of carbonyl (C=O) groups excluding carboxylic acids is 1. The molecule has 1 amide bonds. The molecule has 2 N–H and O–H groups in total. The Hall–Kier alpha value is -0.610. The molecule has 4 nitrogen and oxygen atoms in total. The summed E-state index contributed by atoms with van der Waals surface area (Å²) in [6.45, 7) is 6.25. The Morgan fingerprint density at radius 3 is 2.82 bits per heavy atom. The standard InChI is InChI=1S/C13H24N2O2/c1-9-8-17-7-6-15(9)13(16)11-4-3-5-12(14)10(11)2/h9-12H,3-8,14H2,1-2H3. The predicted octanol–water partition coefficient (Wildman–Crippen LogP) is 0.997. The van der Waals surface area contributed by atoms with Crippen molar-refractivity contribution in [2.24, 2.45) is 17.6 Å². The van der Waals surface area contributed by atoms with E-state index < -0.39 is 0 Å². The minimum absolute atomic E-state index is 0.124. The Morgan fingerprint density at radius 2 is 2.12 bits per heavy atom. The number of amides is 1. The van der Waals surface area contributed by atoms with Gasteiger partial charge in [-0.05, 0) is 25.7 Å². The highest BCUT2D eigenvalue weighted by Crippen LogP contribution is 2.31. The van der Waals surface area contributed by atoms with Crippen molar-refractivity contribution >= 4 is 5.91 Å². The summed E-state index contributed by atoms with van der Waals surface area (Å²) in [5, 5.41) is 0. The molecule has 1 heterocycles. The molecule has 2 rings (SSSR count). The zero-order chi connectivity index (χ0) is 12.4. The number of carbonyl (C=O) groups is 1. The smallest absolute Gasteiger partial charge is 0.226 e. The molecular formula is C13H24N2O2. The minimum atomic E-state index is 0.124. The van der Waals surface area contributed by atoms with Crippen molar-refractivity contribution < 1.29 is 9.53 Å².